The summed E-state index contributed by atoms with van der Waals surface area (Å²) in [6.45, 7) is 7.02. The molecule has 0 bridgehead atoms. The maximum atomic E-state index is 5.92. The van der Waals surface area contributed by atoms with Gasteiger partial charge in [0.15, 0.2) is 0 Å². The van der Waals surface area contributed by atoms with Gasteiger partial charge in [-0.25, -0.2) is 0 Å². The smallest absolute Gasteiger partial charge is 0.142 e. The van der Waals surface area contributed by atoms with E-state index in [9.17, 15) is 0 Å². The lowest BCUT2D eigenvalue weighted by atomic mass is 10.2. The van der Waals surface area contributed by atoms with Gasteiger partial charge in [0.25, 0.3) is 0 Å². The lowest BCUT2D eigenvalue weighted by Gasteiger charge is -2.14. The van der Waals surface area contributed by atoms with Gasteiger partial charge in [0, 0.05) is 5.92 Å². The van der Waals surface area contributed by atoms with E-state index in [1.807, 2.05) is 38.1 Å². The summed E-state index contributed by atoms with van der Waals surface area (Å²) in [6.07, 6.45) is 1.42. The Balaban J connectivity index is 1.63. The number of rotatable bonds is 6. The summed E-state index contributed by atoms with van der Waals surface area (Å²) in [6, 6.07) is 12.2. The molecule has 1 saturated carbocycles. The molecule has 1 fully saturated rings. The molecule has 112 valence electrons. The number of para-hydroxylation sites is 2. The van der Waals surface area contributed by atoms with Crippen molar-refractivity contribution in [2.75, 3.05) is 5.32 Å². The summed E-state index contributed by atoms with van der Waals surface area (Å²) < 4.78 is 11.7. The van der Waals surface area contributed by atoms with Gasteiger partial charge in [-0.1, -0.05) is 19.1 Å². The number of furan rings is 1. The zero-order valence-electron chi connectivity index (χ0n) is 12.9. The van der Waals surface area contributed by atoms with Crippen LogP contribution in [0.3, 0.4) is 0 Å². The van der Waals surface area contributed by atoms with Crippen molar-refractivity contribution in [1.82, 2.24) is 0 Å². The molecule has 3 heteroatoms. The van der Waals surface area contributed by atoms with Crippen molar-refractivity contribution in [3.05, 3.63) is 47.9 Å². The van der Waals surface area contributed by atoms with Crippen LogP contribution in [0.2, 0.25) is 0 Å². The minimum absolute atomic E-state index is 0.166. The molecule has 3 nitrogen and oxygen atoms in total. The molecule has 0 saturated heterocycles. The Kier molecular flexibility index (Phi) is 3.91. The first-order valence-corrected chi connectivity index (χ1v) is 7.71. The molecule has 1 aromatic carbocycles. The highest BCUT2D eigenvalue weighted by Gasteiger charge is 2.36. The van der Waals surface area contributed by atoms with Crippen molar-refractivity contribution in [2.24, 2.45) is 5.92 Å². The second-order valence-electron chi connectivity index (χ2n) is 6.14. The lowest BCUT2D eigenvalue weighted by Crippen LogP contribution is -2.08. The van der Waals surface area contributed by atoms with Crippen LogP contribution in [0.5, 0.6) is 5.75 Å². The number of benzene rings is 1. The quantitative estimate of drug-likeness (QED) is 0.827. The van der Waals surface area contributed by atoms with E-state index in [-0.39, 0.29) is 6.10 Å². The Hall–Kier alpha value is -1.90. The van der Waals surface area contributed by atoms with Crippen molar-refractivity contribution in [3.8, 4) is 5.75 Å². The van der Waals surface area contributed by atoms with E-state index in [1.54, 1.807) is 0 Å². The monoisotopic (exact) mass is 285 g/mol. The minimum Gasteiger partial charge on any atom is -0.489 e. The highest BCUT2D eigenvalue weighted by Crippen LogP contribution is 2.47. The van der Waals surface area contributed by atoms with Crippen LogP contribution in [-0.2, 0) is 6.54 Å². The maximum absolute atomic E-state index is 5.92. The third-order valence-corrected chi connectivity index (χ3v) is 3.86. The Morgan fingerprint density at radius 2 is 2.00 bits per heavy atom. The number of anilines is 1. The van der Waals surface area contributed by atoms with Crippen LogP contribution in [0.15, 0.2) is 40.8 Å². The molecule has 1 aromatic heterocycles. The summed E-state index contributed by atoms with van der Waals surface area (Å²) in [5.74, 6) is 4.40. The largest absolute Gasteiger partial charge is 0.489 e. The molecule has 0 aliphatic heterocycles. The van der Waals surface area contributed by atoms with E-state index >= 15 is 0 Å². The molecule has 1 heterocycles. The van der Waals surface area contributed by atoms with Crippen molar-refractivity contribution in [3.63, 3.8) is 0 Å². The van der Waals surface area contributed by atoms with E-state index in [0.29, 0.717) is 12.5 Å². The van der Waals surface area contributed by atoms with E-state index in [1.165, 1.54) is 6.42 Å². The van der Waals surface area contributed by atoms with Crippen LogP contribution in [0.25, 0.3) is 0 Å². The Labute approximate surface area is 126 Å². The normalized spacial score (nSPS) is 20.6. The third kappa shape index (κ3) is 3.41. The van der Waals surface area contributed by atoms with Gasteiger partial charge in [-0.3, -0.25) is 0 Å². The second kappa shape index (κ2) is 5.84. The minimum atomic E-state index is 0.166. The van der Waals surface area contributed by atoms with Gasteiger partial charge in [0.2, 0.25) is 0 Å². The fourth-order valence-electron chi connectivity index (χ4n) is 2.56. The molecular weight excluding hydrogens is 262 g/mol. The first-order valence-electron chi connectivity index (χ1n) is 7.71. The SMILES string of the molecule is CC(C)Oc1ccccc1NCc1ccc(C2CC2C)o1. The van der Waals surface area contributed by atoms with Crippen LogP contribution < -0.4 is 10.1 Å². The lowest BCUT2D eigenvalue weighted by molar-refractivity contribution is 0.243. The first kappa shape index (κ1) is 14.1. The first-order chi connectivity index (χ1) is 10.1. The molecule has 1 aliphatic rings. The van der Waals surface area contributed by atoms with Crippen LogP contribution in [-0.4, -0.2) is 6.10 Å². The zero-order valence-corrected chi connectivity index (χ0v) is 12.9. The number of ether oxygens (including phenoxy) is 1. The average Bonchev–Trinajstić information content (AvgIpc) is 3.00. The highest BCUT2D eigenvalue weighted by molar-refractivity contribution is 5.56. The Morgan fingerprint density at radius 3 is 2.71 bits per heavy atom. The standard InChI is InChI=1S/C18H23NO2/c1-12(2)20-18-7-5-4-6-16(18)19-11-14-8-9-17(21-14)15-10-13(15)3/h4-9,12-13,15,19H,10-11H2,1-3H3. The van der Waals surface area contributed by atoms with Crippen molar-refractivity contribution >= 4 is 5.69 Å². The van der Waals surface area contributed by atoms with Gasteiger partial charge in [-0.15, -0.1) is 0 Å². The van der Waals surface area contributed by atoms with Gasteiger partial charge in [0.1, 0.15) is 17.3 Å². The van der Waals surface area contributed by atoms with E-state index in [4.69, 9.17) is 9.15 Å². The molecule has 3 rings (SSSR count). The molecule has 1 N–H and O–H groups in total. The van der Waals surface area contributed by atoms with Gasteiger partial charge in [-0.2, -0.15) is 0 Å². The molecule has 2 atom stereocenters. The van der Waals surface area contributed by atoms with Gasteiger partial charge < -0.3 is 14.5 Å². The summed E-state index contributed by atoms with van der Waals surface area (Å²) in [7, 11) is 0. The second-order valence-corrected chi connectivity index (χ2v) is 6.14. The Morgan fingerprint density at radius 1 is 1.24 bits per heavy atom. The van der Waals surface area contributed by atoms with Crippen molar-refractivity contribution in [2.45, 2.75) is 45.8 Å². The van der Waals surface area contributed by atoms with Crippen LogP contribution >= 0.6 is 0 Å². The predicted octanol–water partition coefficient (Wildman–Crippen LogP) is 4.80. The van der Waals surface area contributed by atoms with Gasteiger partial charge >= 0.3 is 0 Å². The fraction of sp³-hybridized carbons (Fsp3) is 0.444. The molecule has 0 amide bonds. The van der Waals surface area contributed by atoms with Crippen LogP contribution in [0.1, 0.15) is 44.6 Å². The zero-order chi connectivity index (χ0) is 14.8. The average molecular weight is 285 g/mol. The third-order valence-electron chi connectivity index (χ3n) is 3.86. The fourth-order valence-corrected chi connectivity index (χ4v) is 2.56. The van der Waals surface area contributed by atoms with E-state index in [0.717, 1.165) is 28.9 Å². The number of hydrogen-bond donors (Lipinski definition) is 1. The topological polar surface area (TPSA) is 34.4 Å². The maximum Gasteiger partial charge on any atom is 0.142 e. The summed E-state index contributed by atoms with van der Waals surface area (Å²) in [5, 5.41) is 3.40. The van der Waals surface area contributed by atoms with E-state index < -0.39 is 0 Å². The van der Waals surface area contributed by atoms with Gasteiger partial charge in [0.05, 0.1) is 18.3 Å². The molecule has 0 spiro atoms. The molecule has 1 aliphatic carbocycles. The molecule has 21 heavy (non-hydrogen) atoms. The van der Waals surface area contributed by atoms with E-state index in [2.05, 4.69) is 24.4 Å². The molecule has 2 aromatic rings. The van der Waals surface area contributed by atoms with Gasteiger partial charge in [-0.05, 0) is 50.5 Å². The number of nitrogens with one attached hydrogen (secondary N) is 1. The summed E-state index contributed by atoms with van der Waals surface area (Å²) in [5.41, 5.74) is 1.00. The molecule has 2 unspecified atom stereocenters. The van der Waals surface area contributed by atoms with Crippen molar-refractivity contribution in [1.29, 1.82) is 0 Å². The molecule has 0 radical (unpaired) electrons. The summed E-state index contributed by atoms with van der Waals surface area (Å²) in [4.78, 5) is 0. The van der Waals surface area contributed by atoms with Crippen molar-refractivity contribution < 1.29 is 9.15 Å². The highest BCUT2D eigenvalue weighted by atomic mass is 16.5. The number of hydrogen-bond acceptors (Lipinski definition) is 3. The molecular formula is C18H23NO2. The van der Waals surface area contributed by atoms with Crippen LogP contribution in [0, 0.1) is 5.92 Å². The Bertz CT molecular complexity index is 603. The predicted molar refractivity (Wildman–Crippen MR) is 84.8 cm³/mol. The summed E-state index contributed by atoms with van der Waals surface area (Å²) >= 11 is 0. The van der Waals surface area contributed by atoms with Crippen LogP contribution in [0.4, 0.5) is 5.69 Å².